The number of rotatable bonds is 4. The van der Waals surface area contributed by atoms with Crippen LogP contribution in [-0.2, 0) is 9.53 Å². The third-order valence-electron chi connectivity index (χ3n) is 5.09. The van der Waals surface area contributed by atoms with Gasteiger partial charge in [-0.1, -0.05) is 41.1 Å². The second-order valence-corrected chi connectivity index (χ2v) is 9.63. The van der Waals surface area contributed by atoms with Gasteiger partial charge in [0.15, 0.2) is 4.80 Å². The fourth-order valence-electron chi connectivity index (χ4n) is 3.58. The van der Waals surface area contributed by atoms with Gasteiger partial charge in [0.05, 0.1) is 39.6 Å². The maximum Gasteiger partial charge on any atom is 0.338 e. The van der Waals surface area contributed by atoms with Crippen molar-refractivity contribution in [3.8, 4) is 5.75 Å². The Bertz CT molecular complexity index is 1420. The summed E-state index contributed by atoms with van der Waals surface area (Å²) in [6.07, 6.45) is 1.82. The Kier molecular flexibility index (Phi) is 6.55. The van der Waals surface area contributed by atoms with Crippen LogP contribution in [0.5, 0.6) is 5.75 Å². The van der Waals surface area contributed by atoms with E-state index in [1.807, 2.05) is 24.3 Å². The number of allylic oxidation sites excluding steroid dienone is 1. The molecule has 0 saturated heterocycles. The number of esters is 1. The summed E-state index contributed by atoms with van der Waals surface area (Å²) in [6, 6.07) is 12.1. The summed E-state index contributed by atoms with van der Waals surface area (Å²) in [5, 5.41) is 0.565. The molecule has 32 heavy (non-hydrogen) atoms. The molecule has 0 bridgehead atoms. The average molecular weight is 581 g/mol. The lowest BCUT2D eigenvalue weighted by Crippen LogP contribution is -2.39. The molecule has 1 aromatic heterocycles. The van der Waals surface area contributed by atoms with Crippen molar-refractivity contribution < 1.29 is 14.3 Å². The zero-order valence-corrected chi connectivity index (χ0v) is 21.1. The number of nitrogens with zero attached hydrogens (tertiary/aromatic N) is 2. The van der Waals surface area contributed by atoms with Crippen LogP contribution in [0.25, 0.3) is 6.08 Å². The van der Waals surface area contributed by atoms with E-state index in [0.29, 0.717) is 25.6 Å². The molecule has 0 aliphatic carbocycles. The minimum absolute atomic E-state index is 0.228. The van der Waals surface area contributed by atoms with Crippen molar-refractivity contribution in [3.05, 3.63) is 93.1 Å². The highest BCUT2D eigenvalue weighted by molar-refractivity contribution is 14.1. The third kappa shape index (κ3) is 4.14. The van der Waals surface area contributed by atoms with Crippen LogP contribution in [0.1, 0.15) is 24.1 Å². The summed E-state index contributed by atoms with van der Waals surface area (Å²) in [6.45, 7) is 1.75. The highest BCUT2D eigenvalue weighted by Crippen LogP contribution is 2.31. The Hall–Kier alpha value is -2.43. The van der Waals surface area contributed by atoms with Crippen LogP contribution in [0.2, 0.25) is 5.02 Å². The first-order valence-electron chi connectivity index (χ1n) is 9.54. The van der Waals surface area contributed by atoms with E-state index < -0.39 is 12.0 Å². The molecule has 0 N–H and O–H groups in total. The number of methoxy groups -OCH3 is 2. The lowest BCUT2D eigenvalue weighted by atomic mass is 9.96. The maximum absolute atomic E-state index is 13.5. The van der Waals surface area contributed by atoms with Crippen LogP contribution in [0.4, 0.5) is 0 Å². The van der Waals surface area contributed by atoms with Crippen molar-refractivity contribution in [1.29, 1.82) is 0 Å². The highest BCUT2D eigenvalue weighted by Gasteiger charge is 2.33. The van der Waals surface area contributed by atoms with Crippen molar-refractivity contribution in [2.45, 2.75) is 13.0 Å². The number of thiazole rings is 1. The van der Waals surface area contributed by atoms with Crippen LogP contribution >= 0.6 is 45.5 Å². The molecule has 164 valence electrons. The number of carbonyl (C=O) groups is 1. The smallest absolute Gasteiger partial charge is 0.338 e. The molecule has 6 nitrogen and oxygen atoms in total. The molecule has 1 atom stereocenters. The summed E-state index contributed by atoms with van der Waals surface area (Å²) in [7, 11) is 2.94. The Morgan fingerprint density at radius 3 is 2.56 bits per heavy atom. The Labute approximate surface area is 206 Å². The summed E-state index contributed by atoms with van der Waals surface area (Å²) in [5.74, 6) is 0.246. The predicted molar refractivity (Wildman–Crippen MR) is 133 cm³/mol. The molecule has 2 aromatic carbocycles. The minimum atomic E-state index is -0.658. The van der Waals surface area contributed by atoms with E-state index in [-0.39, 0.29) is 5.56 Å². The first-order valence-corrected chi connectivity index (χ1v) is 11.8. The van der Waals surface area contributed by atoms with Crippen LogP contribution < -0.4 is 19.6 Å². The summed E-state index contributed by atoms with van der Waals surface area (Å²) >= 11 is 9.54. The van der Waals surface area contributed by atoms with Crippen molar-refractivity contribution in [1.82, 2.24) is 4.57 Å². The summed E-state index contributed by atoms with van der Waals surface area (Å²) < 4.78 is 13.3. The topological polar surface area (TPSA) is 69.9 Å². The third-order valence-corrected chi connectivity index (χ3v) is 7.16. The SMILES string of the molecule is COC(=O)C1=C(C)N=c2s/c(=C\c3ccc(OC)c(I)c3)c(=O)n2[C@H]1c1ccc(Cl)cc1. The molecule has 1 aliphatic rings. The van der Waals surface area contributed by atoms with Crippen LogP contribution in [0.15, 0.2) is 63.5 Å². The molecular weight excluding hydrogens is 563 g/mol. The fraction of sp³-hybridized carbons (Fsp3) is 0.174. The van der Waals surface area contributed by atoms with E-state index in [9.17, 15) is 9.59 Å². The summed E-state index contributed by atoms with van der Waals surface area (Å²) in [4.78, 5) is 31.2. The zero-order valence-electron chi connectivity index (χ0n) is 17.4. The Morgan fingerprint density at radius 2 is 1.94 bits per heavy atom. The monoisotopic (exact) mass is 580 g/mol. The number of carbonyl (C=O) groups excluding carboxylic acids is 1. The van der Waals surface area contributed by atoms with Gasteiger partial charge in [-0.15, -0.1) is 0 Å². The van der Waals surface area contributed by atoms with Gasteiger partial charge < -0.3 is 9.47 Å². The predicted octanol–water partition coefficient (Wildman–Crippen LogP) is 3.67. The molecule has 4 rings (SSSR count). The van der Waals surface area contributed by atoms with Crippen LogP contribution in [0.3, 0.4) is 0 Å². The number of fused-ring (bicyclic) bond motifs is 1. The van der Waals surface area contributed by atoms with E-state index in [1.54, 1.807) is 42.9 Å². The molecule has 3 aromatic rings. The standard InChI is InChI=1S/C23H18ClIN2O4S/c1-12-19(22(29)31-3)20(14-5-7-15(24)8-6-14)27-21(28)18(32-23(27)26-12)11-13-4-9-17(30-2)16(25)10-13/h4-11,20H,1-3H3/b18-11-/t20-/m0/s1. The fourth-order valence-corrected chi connectivity index (χ4v) is 5.51. The van der Waals surface area contributed by atoms with Gasteiger partial charge in [-0.3, -0.25) is 9.36 Å². The van der Waals surface area contributed by atoms with Gasteiger partial charge in [0.25, 0.3) is 5.56 Å². The molecule has 0 saturated carbocycles. The van der Waals surface area contributed by atoms with Gasteiger partial charge in [-0.25, -0.2) is 9.79 Å². The Morgan fingerprint density at radius 1 is 1.22 bits per heavy atom. The van der Waals surface area contributed by atoms with Crippen molar-refractivity contribution in [3.63, 3.8) is 0 Å². The van der Waals surface area contributed by atoms with E-state index in [0.717, 1.165) is 20.4 Å². The van der Waals surface area contributed by atoms with E-state index in [4.69, 9.17) is 21.1 Å². The van der Waals surface area contributed by atoms with Gasteiger partial charge in [-0.05, 0) is 71.0 Å². The lowest BCUT2D eigenvalue weighted by molar-refractivity contribution is -0.136. The Balaban J connectivity index is 1.94. The second-order valence-electron chi connectivity index (χ2n) is 7.02. The van der Waals surface area contributed by atoms with Gasteiger partial charge in [0.2, 0.25) is 0 Å². The van der Waals surface area contributed by atoms with E-state index >= 15 is 0 Å². The first-order chi connectivity index (χ1) is 15.3. The van der Waals surface area contributed by atoms with E-state index in [2.05, 4.69) is 27.6 Å². The zero-order chi connectivity index (χ0) is 23.0. The second kappa shape index (κ2) is 9.21. The number of halogens is 2. The molecule has 2 heterocycles. The molecule has 0 amide bonds. The maximum atomic E-state index is 13.5. The molecule has 0 spiro atoms. The van der Waals surface area contributed by atoms with E-state index in [1.165, 1.54) is 18.4 Å². The minimum Gasteiger partial charge on any atom is -0.496 e. The molecular formula is C23H18ClIN2O4S. The van der Waals surface area contributed by atoms with Gasteiger partial charge in [0, 0.05) is 5.02 Å². The van der Waals surface area contributed by atoms with Crippen molar-refractivity contribution in [2.24, 2.45) is 4.99 Å². The highest BCUT2D eigenvalue weighted by atomic mass is 127. The number of hydrogen-bond donors (Lipinski definition) is 0. The largest absolute Gasteiger partial charge is 0.496 e. The molecule has 9 heteroatoms. The number of aromatic nitrogens is 1. The molecule has 1 aliphatic heterocycles. The molecule has 0 unspecified atom stereocenters. The number of hydrogen-bond acceptors (Lipinski definition) is 6. The normalized spacial score (nSPS) is 15.9. The molecule has 0 fully saturated rings. The first kappa shape index (κ1) is 22.8. The van der Waals surface area contributed by atoms with Crippen molar-refractivity contribution >= 4 is 57.6 Å². The number of ether oxygens (including phenoxy) is 2. The molecule has 0 radical (unpaired) electrons. The summed E-state index contributed by atoms with van der Waals surface area (Å²) in [5.41, 5.74) is 2.23. The van der Waals surface area contributed by atoms with Crippen molar-refractivity contribution in [2.75, 3.05) is 14.2 Å². The van der Waals surface area contributed by atoms with Crippen LogP contribution in [-0.4, -0.2) is 24.8 Å². The lowest BCUT2D eigenvalue weighted by Gasteiger charge is -2.24. The quantitative estimate of drug-likeness (QED) is 0.349. The van der Waals surface area contributed by atoms with Gasteiger partial charge >= 0.3 is 5.97 Å². The van der Waals surface area contributed by atoms with Gasteiger partial charge in [-0.2, -0.15) is 0 Å². The average Bonchev–Trinajstić information content (AvgIpc) is 3.07. The van der Waals surface area contributed by atoms with Crippen LogP contribution in [0, 0.1) is 3.57 Å². The number of benzene rings is 2. The van der Waals surface area contributed by atoms with Gasteiger partial charge in [0.1, 0.15) is 5.75 Å².